The highest BCUT2D eigenvalue weighted by Gasteiger charge is 2.23. The van der Waals surface area contributed by atoms with Crippen LogP contribution in [0.2, 0.25) is 0 Å². The fourth-order valence-corrected chi connectivity index (χ4v) is 11.1. The van der Waals surface area contributed by atoms with Gasteiger partial charge in [-0.2, -0.15) is 0 Å². The SMILES string of the molecule is COc1cc(-c2c3nc(c(-c4ccc(N(c5ccccc5)c5ccccc5)cc4)c4ccc([nH]4)c(C#Cc4ccc(C(=O)O)cc4)c4nc(c(-c5ccc(N(c6ccccc6)c6ccccc6)cc5)c5ccc2[nH]5)C=C4)C=C3)cc(OC)c1OC. The number of hydrogen-bond acceptors (Lipinski definition) is 8. The molecule has 0 amide bonds. The number of anilines is 6. The lowest BCUT2D eigenvalue weighted by Crippen LogP contribution is -2.09. The topological polar surface area (TPSA) is 129 Å². The monoisotopic (exact) mass is 1110 g/mol. The highest BCUT2D eigenvalue weighted by atomic mass is 16.5. The highest BCUT2D eigenvalue weighted by molar-refractivity contribution is 5.99. The van der Waals surface area contributed by atoms with Crippen LogP contribution in [0.15, 0.2) is 231 Å². The van der Waals surface area contributed by atoms with Gasteiger partial charge in [0.15, 0.2) is 11.5 Å². The van der Waals surface area contributed by atoms with Crippen LogP contribution in [0.4, 0.5) is 34.1 Å². The molecule has 410 valence electrons. The molecule has 8 aromatic carbocycles. The van der Waals surface area contributed by atoms with Crippen LogP contribution in [0.25, 0.3) is 79.8 Å². The minimum absolute atomic E-state index is 0.178. The molecule has 8 bridgehead atoms. The van der Waals surface area contributed by atoms with Gasteiger partial charge >= 0.3 is 5.97 Å². The van der Waals surface area contributed by atoms with E-state index in [0.717, 1.165) is 95.3 Å². The highest BCUT2D eigenvalue weighted by Crippen LogP contribution is 2.45. The number of H-pyrrole nitrogens is 2. The van der Waals surface area contributed by atoms with Gasteiger partial charge in [-0.25, -0.2) is 14.8 Å². The molecule has 13 rings (SSSR count). The second kappa shape index (κ2) is 23.1. The molecule has 3 N–H and O–H groups in total. The number of nitrogens with one attached hydrogen (secondary N) is 2. The summed E-state index contributed by atoms with van der Waals surface area (Å²) in [6.45, 7) is 0. The molecule has 2 aliphatic heterocycles. The molecule has 0 saturated heterocycles. The number of methoxy groups -OCH3 is 3. The number of carboxylic acid groups (broad SMARTS) is 1. The molecule has 0 fully saturated rings. The molecular formula is C74H54N6O5. The Balaban J connectivity index is 1.08. The first-order valence-electron chi connectivity index (χ1n) is 27.7. The van der Waals surface area contributed by atoms with Crippen LogP contribution in [0.1, 0.15) is 44.3 Å². The van der Waals surface area contributed by atoms with Crippen LogP contribution in [-0.2, 0) is 0 Å². The minimum Gasteiger partial charge on any atom is -0.493 e. The summed E-state index contributed by atoms with van der Waals surface area (Å²) in [5, 5.41) is 9.71. The molecule has 0 aliphatic carbocycles. The number of nitrogens with zero attached hydrogens (tertiary/aromatic N) is 4. The summed E-state index contributed by atoms with van der Waals surface area (Å²) in [6.07, 6.45) is 8.15. The Morgan fingerprint density at radius 3 is 1.16 bits per heavy atom. The van der Waals surface area contributed by atoms with Crippen LogP contribution in [0, 0.1) is 11.8 Å². The van der Waals surface area contributed by atoms with E-state index in [2.05, 4.69) is 159 Å². The van der Waals surface area contributed by atoms with E-state index in [4.69, 9.17) is 24.2 Å². The molecule has 11 nitrogen and oxygen atoms in total. The van der Waals surface area contributed by atoms with Gasteiger partial charge in [-0.1, -0.05) is 109 Å². The number of ether oxygens (including phenoxy) is 3. The fraction of sp³-hybridized carbons (Fsp3) is 0.0405. The summed E-state index contributed by atoms with van der Waals surface area (Å²) in [5.74, 6) is 7.27. The van der Waals surface area contributed by atoms with E-state index in [9.17, 15) is 9.90 Å². The van der Waals surface area contributed by atoms with Gasteiger partial charge in [-0.3, -0.25) is 0 Å². The van der Waals surface area contributed by atoms with Crippen molar-refractivity contribution < 1.29 is 24.1 Å². The maximum Gasteiger partial charge on any atom is 0.335 e. The first-order valence-corrected chi connectivity index (χ1v) is 27.7. The van der Waals surface area contributed by atoms with E-state index < -0.39 is 5.97 Å². The number of para-hydroxylation sites is 4. The quantitative estimate of drug-likeness (QED) is 0.0967. The fourth-order valence-electron chi connectivity index (χ4n) is 11.1. The Morgan fingerprint density at radius 1 is 0.400 bits per heavy atom. The van der Waals surface area contributed by atoms with Crippen molar-refractivity contribution in [2.24, 2.45) is 0 Å². The van der Waals surface area contributed by atoms with Gasteiger partial charge in [-0.05, 0) is 174 Å². The molecule has 85 heavy (non-hydrogen) atoms. The van der Waals surface area contributed by atoms with Crippen molar-refractivity contribution in [2.75, 3.05) is 31.1 Å². The van der Waals surface area contributed by atoms with E-state index in [-0.39, 0.29) is 5.56 Å². The number of carboxylic acids is 1. The van der Waals surface area contributed by atoms with Gasteiger partial charge in [0, 0.05) is 72.9 Å². The number of rotatable bonds is 13. The number of fused-ring (bicyclic) bond motifs is 8. The standard InChI is InChI=1S/C74H54N6O5/c1-83-68-46-52(47-69(84-2)73(68)85-3)72-66-44-42-64(77-66)70(49-29-33-57(34-30-49)79(53-16-8-4-9-17-53)54-18-10-5-11-19-54)62-40-38-60(75-62)59(37-26-48-24-27-51(28-25-48)74(81)82)61-39-41-63(76-61)71(65-43-45-67(72)78-65)50-31-35-58(36-32-50)80(55-20-12-6-13-21-55)56-22-14-7-15-23-56/h4-25,27-36,38-47,75,78H,1-3H3,(H,81,82). The number of hydrogen-bond donors (Lipinski definition) is 3. The molecule has 2 aliphatic rings. The third-order valence-corrected chi connectivity index (χ3v) is 15.1. The lowest BCUT2D eigenvalue weighted by molar-refractivity contribution is 0.0697. The first kappa shape index (κ1) is 52.7. The average molecular weight is 1110 g/mol. The van der Waals surface area contributed by atoms with Crippen molar-refractivity contribution in [3.8, 4) is 62.5 Å². The second-order valence-electron chi connectivity index (χ2n) is 20.2. The Labute approximate surface area is 491 Å². The lowest BCUT2D eigenvalue weighted by Gasteiger charge is -2.25. The van der Waals surface area contributed by atoms with E-state index >= 15 is 0 Å². The largest absolute Gasteiger partial charge is 0.493 e. The summed E-state index contributed by atoms with van der Waals surface area (Å²) < 4.78 is 17.8. The number of benzene rings is 8. The van der Waals surface area contributed by atoms with Gasteiger partial charge < -0.3 is 39.1 Å². The molecule has 0 atom stereocenters. The third kappa shape index (κ3) is 10.4. The number of aromatic amines is 2. The Morgan fingerprint density at radius 2 is 0.765 bits per heavy atom. The van der Waals surface area contributed by atoms with E-state index in [1.54, 1.807) is 45.6 Å². The van der Waals surface area contributed by atoms with Crippen molar-refractivity contribution in [1.29, 1.82) is 0 Å². The zero-order chi connectivity index (χ0) is 57.8. The van der Waals surface area contributed by atoms with Crippen molar-refractivity contribution in [2.45, 2.75) is 0 Å². The molecule has 11 aromatic rings. The molecule has 3 aromatic heterocycles. The average Bonchev–Trinajstić information content (AvgIpc) is 4.13. The normalized spacial score (nSPS) is 11.4. The van der Waals surface area contributed by atoms with Crippen molar-refractivity contribution >= 4 is 86.5 Å². The minimum atomic E-state index is -1.01. The summed E-state index contributed by atoms with van der Waals surface area (Å²) >= 11 is 0. The van der Waals surface area contributed by atoms with Gasteiger partial charge in [0.25, 0.3) is 0 Å². The molecule has 0 saturated carbocycles. The maximum absolute atomic E-state index is 11.9. The zero-order valence-corrected chi connectivity index (χ0v) is 46.6. The van der Waals surface area contributed by atoms with Crippen molar-refractivity contribution in [3.05, 3.63) is 270 Å². The second-order valence-corrected chi connectivity index (χ2v) is 20.2. The Bertz CT molecular complexity index is 4380. The Hall–Kier alpha value is -11.6. The number of aromatic nitrogens is 4. The predicted molar refractivity (Wildman–Crippen MR) is 344 cm³/mol. The summed E-state index contributed by atoms with van der Waals surface area (Å²) in [7, 11) is 4.83. The summed E-state index contributed by atoms with van der Waals surface area (Å²) in [5.41, 5.74) is 18.5. The van der Waals surface area contributed by atoms with Crippen LogP contribution in [0.3, 0.4) is 0 Å². The van der Waals surface area contributed by atoms with Crippen molar-refractivity contribution in [1.82, 2.24) is 19.9 Å². The maximum atomic E-state index is 11.9. The van der Waals surface area contributed by atoms with Gasteiger partial charge in [-0.15, -0.1) is 0 Å². The van der Waals surface area contributed by atoms with E-state index in [1.807, 2.05) is 103 Å². The third-order valence-electron chi connectivity index (χ3n) is 15.1. The van der Waals surface area contributed by atoms with E-state index in [0.29, 0.717) is 45.5 Å². The van der Waals surface area contributed by atoms with Gasteiger partial charge in [0.05, 0.1) is 60.7 Å². The summed E-state index contributed by atoms with van der Waals surface area (Å²) in [4.78, 5) is 35.0. The lowest BCUT2D eigenvalue weighted by atomic mass is 10.0. The molecule has 0 unspecified atom stereocenters. The van der Waals surface area contributed by atoms with Crippen LogP contribution >= 0.6 is 0 Å². The van der Waals surface area contributed by atoms with Crippen LogP contribution in [0.5, 0.6) is 17.2 Å². The van der Waals surface area contributed by atoms with E-state index in [1.165, 1.54) is 0 Å². The zero-order valence-electron chi connectivity index (χ0n) is 46.6. The van der Waals surface area contributed by atoms with Crippen molar-refractivity contribution in [3.63, 3.8) is 0 Å². The first-order chi connectivity index (χ1) is 41.8. The molecule has 5 heterocycles. The molecule has 0 radical (unpaired) electrons. The number of aromatic carboxylic acids is 1. The van der Waals surface area contributed by atoms with Crippen LogP contribution in [-0.4, -0.2) is 52.3 Å². The molecule has 0 spiro atoms. The molecular weight excluding hydrogens is 1050 g/mol. The van der Waals surface area contributed by atoms with Gasteiger partial charge in [0.2, 0.25) is 5.75 Å². The predicted octanol–water partition coefficient (Wildman–Crippen LogP) is 17.7. The smallest absolute Gasteiger partial charge is 0.335 e. The summed E-state index contributed by atoms with van der Waals surface area (Å²) in [6, 6.07) is 77.2. The number of carbonyl (C=O) groups is 1. The Kier molecular flexibility index (Phi) is 14.3. The molecule has 11 heteroatoms. The van der Waals surface area contributed by atoms with Crippen LogP contribution < -0.4 is 24.0 Å². The van der Waals surface area contributed by atoms with Gasteiger partial charge in [0.1, 0.15) is 0 Å².